The van der Waals surface area contributed by atoms with Crippen LogP contribution in [0, 0.1) is 13.8 Å². The molecular weight excluding hydrogens is 434 g/mol. The first-order chi connectivity index (χ1) is 16.9. The van der Waals surface area contributed by atoms with Gasteiger partial charge >= 0.3 is 0 Å². The Hall–Kier alpha value is -3.60. The lowest BCUT2D eigenvalue weighted by Crippen LogP contribution is -2.24. The van der Waals surface area contributed by atoms with E-state index in [1.165, 1.54) is 16.7 Å². The number of aryl methyl sites for hydroxylation is 2. The third-order valence-electron chi connectivity index (χ3n) is 7.09. The zero-order valence-electron chi connectivity index (χ0n) is 21.0. The van der Waals surface area contributed by atoms with Gasteiger partial charge in [0.1, 0.15) is 18.2 Å². The van der Waals surface area contributed by atoms with Crippen LogP contribution in [-0.4, -0.2) is 28.6 Å². The number of hydrogen-bond acceptors (Lipinski definition) is 3. The minimum atomic E-state index is 0.0412. The summed E-state index contributed by atoms with van der Waals surface area (Å²) in [7, 11) is 0. The Bertz CT molecular complexity index is 1370. The van der Waals surface area contributed by atoms with Crippen LogP contribution < -0.4 is 9.64 Å². The fourth-order valence-corrected chi connectivity index (χ4v) is 5.00. The normalized spacial score (nSPS) is 16.0. The molecule has 1 fully saturated rings. The second-order valence-corrected chi connectivity index (χ2v) is 9.83. The number of anilines is 1. The second-order valence-electron chi connectivity index (χ2n) is 9.83. The van der Waals surface area contributed by atoms with Crippen molar-refractivity contribution in [1.29, 1.82) is 0 Å². The van der Waals surface area contributed by atoms with E-state index >= 15 is 0 Å². The molecule has 0 spiro atoms. The van der Waals surface area contributed by atoms with Gasteiger partial charge in [-0.2, -0.15) is 0 Å². The van der Waals surface area contributed by atoms with E-state index in [2.05, 4.69) is 62.6 Å². The number of fused-ring (bicyclic) bond motifs is 1. The van der Waals surface area contributed by atoms with Crippen molar-refractivity contribution in [3.63, 3.8) is 0 Å². The number of carbonyl (C=O) groups excluding carboxylic acids is 1. The van der Waals surface area contributed by atoms with Gasteiger partial charge in [-0.25, -0.2) is 4.98 Å². The lowest BCUT2D eigenvalue weighted by molar-refractivity contribution is -0.117. The zero-order valence-corrected chi connectivity index (χ0v) is 21.0. The van der Waals surface area contributed by atoms with Crippen LogP contribution in [0.2, 0.25) is 0 Å². The molecule has 1 saturated heterocycles. The molecule has 0 radical (unpaired) electrons. The van der Waals surface area contributed by atoms with E-state index in [-0.39, 0.29) is 11.8 Å². The number of ether oxygens (including phenoxy) is 1. The van der Waals surface area contributed by atoms with Crippen molar-refractivity contribution in [2.24, 2.45) is 0 Å². The van der Waals surface area contributed by atoms with Gasteiger partial charge in [-0.1, -0.05) is 50.2 Å². The van der Waals surface area contributed by atoms with Crippen LogP contribution in [0.15, 0.2) is 66.7 Å². The predicted octanol–water partition coefficient (Wildman–Crippen LogP) is 6.38. The molecule has 1 atom stereocenters. The highest BCUT2D eigenvalue weighted by atomic mass is 16.5. The standard InChI is InChI=1S/C30H33N3O2/c1-20(2)25-9-5-8-12-28(25)35-16-15-32-27-11-7-6-10-26(27)31-30(32)23-18-29(34)33(19-23)24-14-13-21(3)22(4)17-24/h5-14,17,20,23H,15-16,18-19H2,1-4H3. The summed E-state index contributed by atoms with van der Waals surface area (Å²) in [6.45, 7) is 10.4. The number of hydrogen-bond donors (Lipinski definition) is 0. The molecule has 35 heavy (non-hydrogen) atoms. The van der Waals surface area contributed by atoms with E-state index in [0.717, 1.165) is 28.3 Å². The first-order valence-electron chi connectivity index (χ1n) is 12.5. The highest BCUT2D eigenvalue weighted by Gasteiger charge is 2.35. The van der Waals surface area contributed by atoms with Gasteiger partial charge in [-0.05, 0) is 66.8 Å². The van der Waals surface area contributed by atoms with Crippen molar-refractivity contribution in [1.82, 2.24) is 9.55 Å². The van der Waals surface area contributed by atoms with Crippen molar-refractivity contribution in [3.8, 4) is 5.75 Å². The van der Waals surface area contributed by atoms with Crippen LogP contribution in [0.25, 0.3) is 11.0 Å². The summed E-state index contributed by atoms with van der Waals surface area (Å²) in [5.74, 6) is 2.49. The molecule has 1 aliphatic rings. The maximum Gasteiger partial charge on any atom is 0.227 e. The third kappa shape index (κ3) is 4.55. The number of amides is 1. The Kier molecular flexibility index (Phi) is 6.33. The monoisotopic (exact) mass is 467 g/mol. The van der Waals surface area contributed by atoms with Crippen molar-refractivity contribution in [3.05, 3.63) is 89.2 Å². The van der Waals surface area contributed by atoms with Gasteiger partial charge in [0.15, 0.2) is 0 Å². The third-order valence-corrected chi connectivity index (χ3v) is 7.09. The van der Waals surface area contributed by atoms with Crippen LogP contribution in [-0.2, 0) is 11.3 Å². The van der Waals surface area contributed by atoms with E-state index in [4.69, 9.17) is 9.72 Å². The first-order valence-corrected chi connectivity index (χ1v) is 12.5. The Morgan fingerprint density at radius 3 is 2.57 bits per heavy atom. The summed E-state index contributed by atoms with van der Waals surface area (Å²) in [5.41, 5.74) is 6.66. The number of imidazole rings is 1. The van der Waals surface area contributed by atoms with Gasteiger partial charge < -0.3 is 14.2 Å². The lowest BCUT2D eigenvalue weighted by Gasteiger charge is -2.19. The van der Waals surface area contributed by atoms with Crippen molar-refractivity contribution in [2.45, 2.75) is 52.5 Å². The zero-order chi connectivity index (χ0) is 24.5. The van der Waals surface area contributed by atoms with Gasteiger partial charge in [0.05, 0.1) is 17.6 Å². The maximum atomic E-state index is 13.0. The van der Waals surface area contributed by atoms with Crippen LogP contribution in [0.3, 0.4) is 0 Å². The summed E-state index contributed by atoms with van der Waals surface area (Å²) >= 11 is 0. The lowest BCUT2D eigenvalue weighted by atomic mass is 10.0. The molecule has 1 aromatic heterocycles. The Labute approximate surface area is 207 Å². The van der Waals surface area contributed by atoms with Crippen LogP contribution in [0.1, 0.15) is 54.6 Å². The molecule has 0 aliphatic carbocycles. The number of para-hydroxylation sites is 3. The van der Waals surface area contributed by atoms with Crippen molar-refractivity contribution in [2.75, 3.05) is 18.1 Å². The largest absolute Gasteiger partial charge is 0.491 e. The smallest absolute Gasteiger partial charge is 0.227 e. The minimum absolute atomic E-state index is 0.0412. The number of aromatic nitrogens is 2. The predicted molar refractivity (Wildman–Crippen MR) is 141 cm³/mol. The summed E-state index contributed by atoms with van der Waals surface area (Å²) in [6, 6.07) is 22.7. The molecule has 1 unspecified atom stereocenters. The number of nitrogens with zero attached hydrogens (tertiary/aromatic N) is 3. The number of carbonyl (C=O) groups is 1. The molecule has 3 aromatic carbocycles. The van der Waals surface area contributed by atoms with Crippen molar-refractivity contribution < 1.29 is 9.53 Å². The molecule has 0 N–H and O–H groups in total. The number of rotatable bonds is 7. The highest BCUT2D eigenvalue weighted by Crippen LogP contribution is 2.34. The SMILES string of the molecule is Cc1ccc(N2CC(c3nc4ccccc4n3CCOc3ccccc3C(C)C)CC2=O)cc1C. The molecule has 0 bridgehead atoms. The topological polar surface area (TPSA) is 47.4 Å². The van der Waals surface area contributed by atoms with Crippen molar-refractivity contribution >= 4 is 22.6 Å². The van der Waals surface area contributed by atoms with Gasteiger partial charge in [-0.15, -0.1) is 0 Å². The van der Waals surface area contributed by atoms with Gasteiger partial charge in [0, 0.05) is 24.6 Å². The highest BCUT2D eigenvalue weighted by molar-refractivity contribution is 5.96. The second kappa shape index (κ2) is 9.57. The summed E-state index contributed by atoms with van der Waals surface area (Å²) in [4.78, 5) is 19.9. The molecule has 180 valence electrons. The first kappa shape index (κ1) is 23.2. The number of benzene rings is 3. The molecular formula is C30H33N3O2. The minimum Gasteiger partial charge on any atom is -0.491 e. The fourth-order valence-electron chi connectivity index (χ4n) is 5.00. The Morgan fingerprint density at radius 2 is 1.77 bits per heavy atom. The van der Waals surface area contributed by atoms with E-state index in [1.54, 1.807) is 0 Å². The summed E-state index contributed by atoms with van der Waals surface area (Å²) in [5, 5.41) is 0. The fraction of sp³-hybridized carbons (Fsp3) is 0.333. The molecule has 1 aliphatic heterocycles. The van der Waals surface area contributed by atoms with Gasteiger partial charge in [0.25, 0.3) is 0 Å². The molecule has 5 heteroatoms. The van der Waals surface area contributed by atoms with E-state index < -0.39 is 0 Å². The summed E-state index contributed by atoms with van der Waals surface area (Å²) in [6.07, 6.45) is 0.466. The average molecular weight is 468 g/mol. The summed E-state index contributed by atoms with van der Waals surface area (Å²) < 4.78 is 8.49. The van der Waals surface area contributed by atoms with Crippen LogP contribution in [0.5, 0.6) is 5.75 Å². The Morgan fingerprint density at radius 1 is 1.00 bits per heavy atom. The molecule has 0 saturated carbocycles. The molecule has 5 nitrogen and oxygen atoms in total. The molecule has 1 amide bonds. The quantitative estimate of drug-likeness (QED) is 0.317. The van der Waals surface area contributed by atoms with Gasteiger partial charge in [-0.3, -0.25) is 4.79 Å². The van der Waals surface area contributed by atoms with E-state index in [9.17, 15) is 4.79 Å². The maximum absolute atomic E-state index is 13.0. The van der Waals surface area contributed by atoms with Crippen LogP contribution in [0.4, 0.5) is 5.69 Å². The molecule has 4 aromatic rings. The molecule has 5 rings (SSSR count). The van der Waals surface area contributed by atoms with Crippen LogP contribution >= 0.6 is 0 Å². The van der Waals surface area contributed by atoms with E-state index in [1.807, 2.05) is 41.3 Å². The van der Waals surface area contributed by atoms with E-state index in [0.29, 0.717) is 32.0 Å². The van der Waals surface area contributed by atoms with Gasteiger partial charge in [0.2, 0.25) is 5.91 Å². The Balaban J connectivity index is 1.40. The molecule has 2 heterocycles. The average Bonchev–Trinajstić information content (AvgIpc) is 3.41.